The topological polar surface area (TPSA) is 62.7 Å². The van der Waals surface area contributed by atoms with Crippen molar-refractivity contribution < 1.29 is 23.4 Å². The van der Waals surface area contributed by atoms with Crippen LogP contribution in [0.4, 0.5) is 8.78 Å². The highest BCUT2D eigenvalue weighted by Gasteiger charge is 2.29. The van der Waals surface area contributed by atoms with Gasteiger partial charge in [-0.25, -0.2) is 9.78 Å². The van der Waals surface area contributed by atoms with Crippen LogP contribution in [0.25, 0.3) is 22.6 Å². The van der Waals surface area contributed by atoms with Gasteiger partial charge in [-0.15, -0.1) is 0 Å². The van der Waals surface area contributed by atoms with Crippen LogP contribution in [-0.4, -0.2) is 34.1 Å². The molecule has 0 spiro atoms. The molecular formula is C28H22F2N2O3. The van der Waals surface area contributed by atoms with E-state index >= 15 is 0 Å². The SMILES string of the molecule is O=C(O)c1c2c(nc3ccccc13)C(=Cc1ccccc1OC(F)F)CN(Cc1ccccc1)C2. The number of halogens is 2. The second-order valence-electron chi connectivity index (χ2n) is 8.35. The van der Waals surface area contributed by atoms with E-state index in [0.29, 0.717) is 47.4 Å². The monoisotopic (exact) mass is 472 g/mol. The maximum Gasteiger partial charge on any atom is 0.387 e. The van der Waals surface area contributed by atoms with Crippen LogP contribution in [0.2, 0.25) is 0 Å². The molecule has 5 rings (SSSR count). The molecule has 7 heteroatoms. The summed E-state index contributed by atoms with van der Waals surface area (Å²) in [5, 5.41) is 10.7. The Morgan fingerprint density at radius 3 is 2.49 bits per heavy atom. The average molecular weight is 472 g/mol. The molecule has 176 valence electrons. The van der Waals surface area contributed by atoms with Crippen molar-refractivity contribution in [1.82, 2.24) is 9.88 Å². The van der Waals surface area contributed by atoms with Crippen molar-refractivity contribution in [2.45, 2.75) is 19.7 Å². The number of rotatable bonds is 6. The summed E-state index contributed by atoms with van der Waals surface area (Å²) in [6.45, 7) is -1.49. The van der Waals surface area contributed by atoms with Crippen LogP contribution in [0.5, 0.6) is 5.75 Å². The molecule has 0 fully saturated rings. The molecule has 5 nitrogen and oxygen atoms in total. The first-order valence-electron chi connectivity index (χ1n) is 11.2. The van der Waals surface area contributed by atoms with Gasteiger partial charge in [0.1, 0.15) is 5.75 Å². The lowest BCUT2D eigenvalue weighted by Crippen LogP contribution is -2.31. The molecule has 2 heterocycles. The van der Waals surface area contributed by atoms with Gasteiger partial charge in [-0.1, -0.05) is 66.7 Å². The zero-order valence-electron chi connectivity index (χ0n) is 18.7. The van der Waals surface area contributed by atoms with E-state index in [1.54, 1.807) is 42.5 Å². The molecule has 0 saturated heterocycles. The van der Waals surface area contributed by atoms with E-state index in [4.69, 9.17) is 9.72 Å². The van der Waals surface area contributed by atoms with E-state index in [9.17, 15) is 18.7 Å². The van der Waals surface area contributed by atoms with Gasteiger partial charge in [-0.2, -0.15) is 8.78 Å². The first-order valence-corrected chi connectivity index (χ1v) is 11.2. The van der Waals surface area contributed by atoms with Gasteiger partial charge in [-0.3, -0.25) is 4.90 Å². The Hall–Kier alpha value is -4.10. The van der Waals surface area contributed by atoms with E-state index in [1.807, 2.05) is 36.4 Å². The minimum absolute atomic E-state index is 0.0518. The minimum Gasteiger partial charge on any atom is -0.478 e. The predicted octanol–water partition coefficient (Wildman–Crippen LogP) is 6.09. The summed E-state index contributed by atoms with van der Waals surface area (Å²) in [5.74, 6) is -0.974. The van der Waals surface area contributed by atoms with Crippen molar-refractivity contribution >= 4 is 28.5 Å². The molecule has 3 aromatic carbocycles. The molecule has 0 bridgehead atoms. The maximum atomic E-state index is 13.0. The number of carboxylic acid groups (broad SMARTS) is 1. The number of fused-ring (bicyclic) bond motifs is 2. The summed E-state index contributed by atoms with van der Waals surface area (Å²) in [6, 6.07) is 23.6. The van der Waals surface area contributed by atoms with Crippen molar-refractivity contribution in [3.63, 3.8) is 0 Å². The molecule has 35 heavy (non-hydrogen) atoms. The number of aromatic nitrogens is 1. The summed E-state index contributed by atoms with van der Waals surface area (Å²) in [6.07, 6.45) is 1.76. The van der Waals surface area contributed by atoms with Crippen LogP contribution in [0.15, 0.2) is 78.9 Å². The molecule has 0 radical (unpaired) electrons. The number of nitrogens with zero attached hydrogens (tertiary/aromatic N) is 2. The van der Waals surface area contributed by atoms with E-state index in [2.05, 4.69) is 4.90 Å². The Kier molecular flexibility index (Phi) is 6.25. The van der Waals surface area contributed by atoms with Crippen molar-refractivity contribution in [2.24, 2.45) is 0 Å². The Morgan fingerprint density at radius 1 is 1.00 bits per heavy atom. The first-order chi connectivity index (χ1) is 17.0. The summed E-state index contributed by atoms with van der Waals surface area (Å²) >= 11 is 0. The number of hydrogen-bond donors (Lipinski definition) is 1. The number of pyridine rings is 1. The second-order valence-corrected chi connectivity index (χ2v) is 8.35. The predicted molar refractivity (Wildman–Crippen MR) is 130 cm³/mol. The highest BCUT2D eigenvalue weighted by atomic mass is 19.3. The van der Waals surface area contributed by atoms with Gasteiger partial charge in [0.15, 0.2) is 0 Å². The first kappa shape index (κ1) is 22.7. The quantitative estimate of drug-likeness (QED) is 0.368. The molecule has 1 aliphatic rings. The third-order valence-electron chi connectivity index (χ3n) is 6.00. The molecule has 0 aliphatic carbocycles. The zero-order valence-corrected chi connectivity index (χ0v) is 18.7. The number of carboxylic acids is 1. The van der Waals surface area contributed by atoms with E-state index < -0.39 is 12.6 Å². The van der Waals surface area contributed by atoms with E-state index in [1.165, 1.54) is 6.07 Å². The van der Waals surface area contributed by atoms with E-state index in [0.717, 1.165) is 11.1 Å². The third kappa shape index (κ3) is 4.76. The Labute approximate surface area is 200 Å². The third-order valence-corrected chi connectivity index (χ3v) is 6.00. The molecule has 0 unspecified atom stereocenters. The van der Waals surface area contributed by atoms with Crippen LogP contribution in [0.1, 0.15) is 32.7 Å². The summed E-state index contributed by atoms with van der Waals surface area (Å²) in [5.41, 5.74) is 4.26. The largest absolute Gasteiger partial charge is 0.478 e. The molecule has 4 aromatic rings. The normalized spacial score (nSPS) is 14.9. The summed E-state index contributed by atoms with van der Waals surface area (Å²) in [4.78, 5) is 19.4. The molecule has 1 aliphatic heterocycles. The van der Waals surface area contributed by atoms with Crippen molar-refractivity contribution in [3.05, 3.63) is 107 Å². The number of para-hydroxylation sites is 2. The average Bonchev–Trinajstić information content (AvgIpc) is 2.84. The molecule has 0 saturated carbocycles. The van der Waals surface area contributed by atoms with Gasteiger partial charge in [0.05, 0.1) is 16.8 Å². The number of carbonyl (C=O) groups is 1. The molecule has 1 N–H and O–H groups in total. The minimum atomic E-state index is -2.96. The van der Waals surface area contributed by atoms with Crippen molar-refractivity contribution in [2.75, 3.05) is 6.54 Å². The maximum absolute atomic E-state index is 13.0. The van der Waals surface area contributed by atoms with Crippen LogP contribution in [0, 0.1) is 0 Å². The van der Waals surface area contributed by atoms with Gasteiger partial charge in [0.2, 0.25) is 0 Å². The van der Waals surface area contributed by atoms with Gasteiger partial charge in [0.25, 0.3) is 0 Å². The van der Waals surface area contributed by atoms with Gasteiger partial charge < -0.3 is 9.84 Å². The number of alkyl halides is 2. The lowest BCUT2D eigenvalue weighted by molar-refractivity contribution is -0.0499. The van der Waals surface area contributed by atoms with Crippen LogP contribution in [-0.2, 0) is 13.1 Å². The lowest BCUT2D eigenvalue weighted by atomic mass is 9.91. The standard InChI is InChI=1S/C28H22F2N2O3/c29-28(30)35-24-13-7-4-10-19(24)14-20-16-32(15-18-8-2-1-3-9-18)17-22-25(27(33)34)21-11-5-6-12-23(21)31-26(20)22/h1-14,28H,15-17H2,(H,33,34). The second kappa shape index (κ2) is 9.64. The highest BCUT2D eigenvalue weighted by molar-refractivity contribution is 6.06. The zero-order chi connectivity index (χ0) is 24.4. The highest BCUT2D eigenvalue weighted by Crippen LogP contribution is 2.36. The Morgan fingerprint density at radius 2 is 1.71 bits per heavy atom. The molecule has 0 amide bonds. The molecule has 0 atom stereocenters. The van der Waals surface area contributed by atoms with Gasteiger partial charge in [-0.05, 0) is 29.3 Å². The lowest BCUT2D eigenvalue weighted by Gasteiger charge is -2.31. The number of ether oxygens (including phenoxy) is 1. The molecule has 1 aromatic heterocycles. The Balaban J connectivity index is 1.68. The fraction of sp³-hybridized carbons (Fsp3) is 0.143. The fourth-order valence-corrected chi connectivity index (χ4v) is 4.57. The number of aromatic carboxylic acids is 1. The number of hydrogen-bond acceptors (Lipinski definition) is 4. The van der Waals surface area contributed by atoms with Crippen molar-refractivity contribution in [1.29, 1.82) is 0 Å². The van der Waals surface area contributed by atoms with Crippen LogP contribution >= 0.6 is 0 Å². The smallest absolute Gasteiger partial charge is 0.387 e. The van der Waals surface area contributed by atoms with E-state index in [-0.39, 0.29) is 11.3 Å². The fourth-order valence-electron chi connectivity index (χ4n) is 4.57. The van der Waals surface area contributed by atoms with Crippen LogP contribution < -0.4 is 4.74 Å². The Bertz CT molecular complexity index is 1420. The van der Waals surface area contributed by atoms with Crippen molar-refractivity contribution in [3.8, 4) is 5.75 Å². The summed E-state index contributed by atoms with van der Waals surface area (Å²) < 4.78 is 30.7. The van der Waals surface area contributed by atoms with Gasteiger partial charge in [0, 0.05) is 36.1 Å². The van der Waals surface area contributed by atoms with Gasteiger partial charge >= 0.3 is 12.6 Å². The van der Waals surface area contributed by atoms with Crippen LogP contribution in [0.3, 0.4) is 0 Å². The summed E-state index contributed by atoms with van der Waals surface area (Å²) in [7, 11) is 0. The number of benzene rings is 3. The molecular weight excluding hydrogens is 450 g/mol.